The van der Waals surface area contributed by atoms with Gasteiger partial charge in [-0.15, -0.1) is 0 Å². The molecule has 1 aromatic rings. The highest BCUT2D eigenvalue weighted by atomic mass is 16.4. The van der Waals surface area contributed by atoms with E-state index in [4.69, 9.17) is 10.9 Å². The molecule has 0 aliphatic heterocycles. The third kappa shape index (κ3) is 2.98. The van der Waals surface area contributed by atoms with Crippen molar-refractivity contribution in [3.05, 3.63) is 35.4 Å². The number of amidine groups is 1. The van der Waals surface area contributed by atoms with Crippen LogP contribution < -0.4 is 11.1 Å². The molecule has 0 aromatic heterocycles. The summed E-state index contributed by atoms with van der Waals surface area (Å²) in [6.45, 7) is 2.64. The monoisotopic (exact) mass is 221 g/mol. The van der Waals surface area contributed by atoms with Crippen molar-refractivity contribution in [1.82, 2.24) is 5.32 Å². The third-order valence-electron chi connectivity index (χ3n) is 2.09. The van der Waals surface area contributed by atoms with E-state index in [1.54, 1.807) is 24.3 Å². The Balaban J connectivity index is 2.75. The summed E-state index contributed by atoms with van der Waals surface area (Å²) in [7, 11) is 0. The van der Waals surface area contributed by atoms with Crippen LogP contribution in [0.15, 0.2) is 29.4 Å². The second kappa shape index (κ2) is 5.75. The smallest absolute Gasteiger partial charge is 0.251 e. The number of carbonyl (C=O) groups excluding carboxylic acids is 1. The van der Waals surface area contributed by atoms with Crippen LogP contribution in [0, 0.1) is 0 Å². The van der Waals surface area contributed by atoms with E-state index in [1.807, 2.05) is 6.92 Å². The van der Waals surface area contributed by atoms with Crippen LogP contribution in [0.1, 0.15) is 29.3 Å². The van der Waals surface area contributed by atoms with Crippen LogP contribution in [0.25, 0.3) is 0 Å². The highest BCUT2D eigenvalue weighted by Gasteiger charge is 2.05. The molecule has 0 fully saturated rings. The SMILES string of the molecule is CCCNC(=O)c1ccc(/C(N)=N/O)cc1. The maximum absolute atomic E-state index is 11.5. The summed E-state index contributed by atoms with van der Waals surface area (Å²) in [6, 6.07) is 6.54. The van der Waals surface area contributed by atoms with E-state index in [0.29, 0.717) is 17.7 Å². The Morgan fingerprint density at radius 1 is 1.38 bits per heavy atom. The first kappa shape index (κ1) is 12.0. The molecule has 0 unspecified atom stereocenters. The molecule has 0 spiro atoms. The number of nitrogens with one attached hydrogen (secondary N) is 1. The lowest BCUT2D eigenvalue weighted by atomic mass is 10.1. The first-order valence-corrected chi connectivity index (χ1v) is 5.05. The molecule has 0 aliphatic rings. The van der Waals surface area contributed by atoms with Gasteiger partial charge in [-0.05, 0) is 18.6 Å². The third-order valence-corrected chi connectivity index (χ3v) is 2.09. The van der Waals surface area contributed by atoms with E-state index >= 15 is 0 Å². The highest BCUT2D eigenvalue weighted by molar-refractivity contribution is 5.99. The van der Waals surface area contributed by atoms with E-state index in [9.17, 15) is 4.79 Å². The minimum absolute atomic E-state index is 0.0283. The molecule has 4 N–H and O–H groups in total. The number of carbonyl (C=O) groups is 1. The lowest BCUT2D eigenvalue weighted by Crippen LogP contribution is -2.24. The Labute approximate surface area is 94.0 Å². The number of benzene rings is 1. The van der Waals surface area contributed by atoms with Crippen molar-refractivity contribution in [2.75, 3.05) is 6.54 Å². The number of rotatable bonds is 4. The van der Waals surface area contributed by atoms with Gasteiger partial charge in [-0.3, -0.25) is 4.79 Å². The zero-order valence-electron chi connectivity index (χ0n) is 9.10. The van der Waals surface area contributed by atoms with Crippen molar-refractivity contribution < 1.29 is 10.0 Å². The summed E-state index contributed by atoms with van der Waals surface area (Å²) in [5, 5.41) is 14.1. The molecule has 5 heteroatoms. The van der Waals surface area contributed by atoms with Crippen molar-refractivity contribution in [1.29, 1.82) is 0 Å². The van der Waals surface area contributed by atoms with Crippen molar-refractivity contribution in [3.8, 4) is 0 Å². The Morgan fingerprint density at radius 2 is 1.94 bits per heavy atom. The molecular weight excluding hydrogens is 206 g/mol. The number of hydrogen-bond acceptors (Lipinski definition) is 3. The number of nitrogens with two attached hydrogens (primary N) is 1. The summed E-state index contributed by atoms with van der Waals surface area (Å²) in [6.07, 6.45) is 0.897. The zero-order valence-corrected chi connectivity index (χ0v) is 9.10. The summed E-state index contributed by atoms with van der Waals surface area (Å²) < 4.78 is 0. The van der Waals surface area contributed by atoms with E-state index in [-0.39, 0.29) is 11.7 Å². The van der Waals surface area contributed by atoms with E-state index in [1.165, 1.54) is 0 Å². The normalized spacial score (nSPS) is 11.2. The lowest BCUT2D eigenvalue weighted by Gasteiger charge is -2.04. The molecule has 1 aromatic carbocycles. The van der Waals surface area contributed by atoms with Gasteiger partial charge in [0.2, 0.25) is 0 Å². The number of oxime groups is 1. The first-order chi connectivity index (χ1) is 7.69. The van der Waals surface area contributed by atoms with E-state index < -0.39 is 0 Å². The van der Waals surface area contributed by atoms with Crippen molar-refractivity contribution in [3.63, 3.8) is 0 Å². The summed E-state index contributed by atoms with van der Waals surface area (Å²) in [4.78, 5) is 11.5. The number of amides is 1. The van der Waals surface area contributed by atoms with Gasteiger partial charge >= 0.3 is 0 Å². The minimum atomic E-state index is -0.118. The van der Waals surface area contributed by atoms with Crippen molar-refractivity contribution in [2.24, 2.45) is 10.9 Å². The largest absolute Gasteiger partial charge is 0.409 e. The second-order valence-corrected chi connectivity index (χ2v) is 3.32. The fraction of sp³-hybridized carbons (Fsp3) is 0.273. The minimum Gasteiger partial charge on any atom is -0.409 e. The van der Waals surface area contributed by atoms with Crippen molar-refractivity contribution in [2.45, 2.75) is 13.3 Å². The van der Waals surface area contributed by atoms with Crippen LogP contribution in [0.5, 0.6) is 0 Å². The van der Waals surface area contributed by atoms with Crippen LogP contribution >= 0.6 is 0 Å². The van der Waals surface area contributed by atoms with Gasteiger partial charge in [0.05, 0.1) is 0 Å². The number of hydrogen-bond donors (Lipinski definition) is 3. The topological polar surface area (TPSA) is 87.7 Å². The van der Waals surface area contributed by atoms with Gasteiger partial charge in [-0.1, -0.05) is 24.2 Å². The van der Waals surface area contributed by atoms with Gasteiger partial charge < -0.3 is 16.3 Å². The molecule has 0 bridgehead atoms. The quantitative estimate of drug-likeness (QED) is 0.306. The fourth-order valence-electron chi connectivity index (χ4n) is 1.19. The molecule has 0 saturated heterocycles. The zero-order chi connectivity index (χ0) is 12.0. The molecule has 0 heterocycles. The summed E-state index contributed by atoms with van der Waals surface area (Å²) >= 11 is 0. The molecule has 86 valence electrons. The Kier molecular flexibility index (Phi) is 4.32. The maximum atomic E-state index is 11.5. The van der Waals surface area contributed by atoms with Crippen LogP contribution in [-0.4, -0.2) is 23.5 Å². The van der Waals surface area contributed by atoms with Gasteiger partial charge in [0.25, 0.3) is 5.91 Å². The maximum Gasteiger partial charge on any atom is 0.251 e. The number of nitrogens with zero attached hydrogens (tertiary/aromatic N) is 1. The molecule has 0 radical (unpaired) electrons. The Bertz CT molecular complexity index is 385. The van der Waals surface area contributed by atoms with Gasteiger partial charge in [-0.2, -0.15) is 0 Å². The Hall–Kier alpha value is -2.04. The molecule has 5 nitrogen and oxygen atoms in total. The van der Waals surface area contributed by atoms with Gasteiger partial charge in [-0.25, -0.2) is 0 Å². The van der Waals surface area contributed by atoms with Crippen LogP contribution in [0.2, 0.25) is 0 Å². The van der Waals surface area contributed by atoms with Gasteiger partial charge in [0, 0.05) is 17.7 Å². The first-order valence-electron chi connectivity index (χ1n) is 5.05. The molecule has 0 saturated carbocycles. The van der Waals surface area contributed by atoms with Crippen LogP contribution in [0.4, 0.5) is 0 Å². The average Bonchev–Trinajstić information content (AvgIpc) is 2.35. The molecule has 16 heavy (non-hydrogen) atoms. The lowest BCUT2D eigenvalue weighted by molar-refractivity contribution is 0.0953. The predicted octanol–water partition coefficient (Wildman–Crippen LogP) is 0.921. The summed E-state index contributed by atoms with van der Waals surface area (Å²) in [5.41, 5.74) is 6.54. The van der Waals surface area contributed by atoms with Crippen molar-refractivity contribution >= 4 is 11.7 Å². The predicted molar refractivity (Wildman–Crippen MR) is 61.6 cm³/mol. The van der Waals surface area contributed by atoms with Gasteiger partial charge in [0.1, 0.15) is 0 Å². The second-order valence-electron chi connectivity index (χ2n) is 3.32. The standard InChI is InChI=1S/C11H15N3O2/c1-2-7-13-11(15)9-5-3-8(4-6-9)10(12)14-16/h3-6,16H,2,7H2,1H3,(H2,12,14)(H,13,15). The highest BCUT2D eigenvalue weighted by Crippen LogP contribution is 2.04. The molecule has 0 atom stereocenters. The van der Waals surface area contributed by atoms with Crippen LogP contribution in [-0.2, 0) is 0 Å². The Morgan fingerprint density at radius 3 is 2.44 bits per heavy atom. The molecule has 0 aliphatic carbocycles. The molecular formula is C11H15N3O2. The summed E-state index contributed by atoms with van der Waals surface area (Å²) in [5.74, 6) is -0.0894. The van der Waals surface area contributed by atoms with E-state index in [2.05, 4.69) is 10.5 Å². The van der Waals surface area contributed by atoms with Crippen LogP contribution in [0.3, 0.4) is 0 Å². The fourth-order valence-corrected chi connectivity index (χ4v) is 1.19. The average molecular weight is 221 g/mol. The van der Waals surface area contributed by atoms with E-state index in [0.717, 1.165) is 6.42 Å². The van der Waals surface area contributed by atoms with Gasteiger partial charge in [0.15, 0.2) is 5.84 Å². The molecule has 1 amide bonds. The molecule has 1 rings (SSSR count).